The fourth-order valence-electron chi connectivity index (χ4n) is 3.61. The van der Waals surface area contributed by atoms with Crippen molar-refractivity contribution < 1.29 is 24.9 Å². The van der Waals surface area contributed by atoms with E-state index in [1.165, 1.54) is 6.92 Å². The van der Waals surface area contributed by atoms with Gasteiger partial charge in [0.05, 0.1) is 24.9 Å². The molecule has 0 aromatic rings. The van der Waals surface area contributed by atoms with Crippen LogP contribution >= 0.6 is 0 Å². The highest BCUT2D eigenvalue weighted by molar-refractivity contribution is 5.65. The average molecular weight is 383 g/mol. The first-order valence-corrected chi connectivity index (χ1v) is 10.5. The van der Waals surface area contributed by atoms with Crippen LogP contribution in [-0.2, 0) is 9.53 Å². The first kappa shape index (κ1) is 23.9. The molecular weight excluding hydrogens is 344 g/mol. The van der Waals surface area contributed by atoms with Crippen LogP contribution < -0.4 is 0 Å². The molecule has 3 N–H and O–H groups in total. The van der Waals surface area contributed by atoms with Crippen molar-refractivity contribution in [3.63, 3.8) is 0 Å². The zero-order chi connectivity index (χ0) is 20.1. The number of hydrogen-bond acceptors (Lipinski definition) is 5. The van der Waals surface area contributed by atoms with Gasteiger partial charge in [-0.3, -0.25) is 4.79 Å². The average Bonchev–Trinajstić information content (AvgIpc) is 2.88. The second kappa shape index (κ2) is 13.9. The summed E-state index contributed by atoms with van der Waals surface area (Å²) in [4.78, 5) is 10.7. The first-order valence-electron chi connectivity index (χ1n) is 10.5. The van der Waals surface area contributed by atoms with E-state index in [1.807, 2.05) is 6.08 Å². The smallest absolute Gasteiger partial charge is 0.302 e. The van der Waals surface area contributed by atoms with Crippen molar-refractivity contribution in [2.75, 3.05) is 6.61 Å². The van der Waals surface area contributed by atoms with E-state index in [1.54, 1.807) is 6.08 Å². The summed E-state index contributed by atoms with van der Waals surface area (Å²) >= 11 is 0. The molecule has 156 valence electrons. The third-order valence-electron chi connectivity index (χ3n) is 5.22. The minimum atomic E-state index is -0.554. The molecule has 0 aromatic carbocycles. The number of esters is 1. The highest BCUT2D eigenvalue weighted by Gasteiger charge is 2.39. The molecule has 1 saturated carbocycles. The molecule has 0 saturated heterocycles. The lowest BCUT2D eigenvalue weighted by atomic mass is 9.89. The molecule has 5 atom stereocenters. The van der Waals surface area contributed by atoms with E-state index in [-0.39, 0.29) is 17.8 Å². The lowest BCUT2D eigenvalue weighted by Gasteiger charge is -2.19. The summed E-state index contributed by atoms with van der Waals surface area (Å²) < 4.78 is 4.89. The van der Waals surface area contributed by atoms with Crippen LogP contribution in [0.5, 0.6) is 0 Å². The van der Waals surface area contributed by atoms with E-state index < -0.39 is 18.3 Å². The van der Waals surface area contributed by atoms with Crippen LogP contribution in [0.2, 0.25) is 0 Å². The molecular formula is C22H38O5. The van der Waals surface area contributed by atoms with Crippen LogP contribution in [0.25, 0.3) is 0 Å². The summed E-state index contributed by atoms with van der Waals surface area (Å²) in [7, 11) is 0. The normalized spacial score (nSPS) is 26.9. The lowest BCUT2D eigenvalue weighted by molar-refractivity contribution is -0.141. The molecule has 5 nitrogen and oxygen atoms in total. The number of carbonyl (C=O) groups is 1. The van der Waals surface area contributed by atoms with Crippen molar-refractivity contribution in [3.8, 4) is 0 Å². The second-order valence-electron chi connectivity index (χ2n) is 7.60. The maximum atomic E-state index is 10.7. The minimum absolute atomic E-state index is 0.0172. The van der Waals surface area contributed by atoms with Gasteiger partial charge in [0.2, 0.25) is 0 Å². The van der Waals surface area contributed by atoms with Crippen molar-refractivity contribution in [2.45, 2.75) is 89.9 Å². The molecule has 0 amide bonds. The Labute approximate surface area is 164 Å². The fourth-order valence-corrected chi connectivity index (χ4v) is 3.61. The third kappa shape index (κ3) is 10.1. The highest BCUT2D eigenvalue weighted by Crippen LogP contribution is 2.36. The van der Waals surface area contributed by atoms with Crippen LogP contribution in [0, 0.1) is 11.8 Å². The monoisotopic (exact) mass is 382 g/mol. The van der Waals surface area contributed by atoms with Crippen molar-refractivity contribution in [1.29, 1.82) is 0 Å². The summed E-state index contributed by atoms with van der Waals surface area (Å²) in [5, 5.41) is 30.5. The molecule has 0 heterocycles. The van der Waals surface area contributed by atoms with E-state index in [4.69, 9.17) is 4.74 Å². The number of aliphatic hydroxyl groups is 3. The SMILES string of the molecule is CCCCC[C@H](O)C=C[C@@H]1[C@@H](CC=CCCCCOC(C)=O)[C@@H](O)C[C@H]1O. The summed E-state index contributed by atoms with van der Waals surface area (Å²) in [6.07, 6.45) is 14.1. The number of allylic oxidation sites excluding steroid dienone is 2. The number of hydrogen-bond donors (Lipinski definition) is 3. The Morgan fingerprint density at radius 3 is 2.63 bits per heavy atom. The fraction of sp³-hybridized carbons (Fsp3) is 0.773. The van der Waals surface area contributed by atoms with Gasteiger partial charge in [0, 0.05) is 19.3 Å². The molecule has 0 aliphatic heterocycles. The summed E-state index contributed by atoms with van der Waals surface area (Å²) in [5.41, 5.74) is 0. The zero-order valence-corrected chi connectivity index (χ0v) is 16.9. The number of unbranched alkanes of at least 4 members (excludes halogenated alkanes) is 4. The lowest BCUT2D eigenvalue weighted by Crippen LogP contribution is -2.20. The summed E-state index contributed by atoms with van der Waals surface area (Å²) in [5.74, 6) is -0.375. The van der Waals surface area contributed by atoms with Gasteiger partial charge in [0.15, 0.2) is 0 Å². The maximum absolute atomic E-state index is 10.7. The van der Waals surface area contributed by atoms with E-state index in [9.17, 15) is 20.1 Å². The summed E-state index contributed by atoms with van der Waals surface area (Å²) in [6.45, 7) is 4.01. The van der Waals surface area contributed by atoms with Crippen molar-refractivity contribution in [3.05, 3.63) is 24.3 Å². The largest absolute Gasteiger partial charge is 0.466 e. The molecule has 5 heteroatoms. The van der Waals surface area contributed by atoms with Crippen LogP contribution in [0.4, 0.5) is 0 Å². The van der Waals surface area contributed by atoms with Gasteiger partial charge in [-0.1, -0.05) is 50.5 Å². The van der Waals surface area contributed by atoms with Gasteiger partial charge in [0.25, 0.3) is 0 Å². The number of rotatable bonds is 13. The van der Waals surface area contributed by atoms with Crippen LogP contribution in [-0.4, -0.2) is 46.2 Å². The molecule has 0 unspecified atom stereocenters. The molecule has 0 aromatic heterocycles. The van der Waals surface area contributed by atoms with E-state index in [0.29, 0.717) is 19.4 Å². The molecule has 1 fully saturated rings. The molecule has 1 aliphatic carbocycles. The predicted molar refractivity (Wildman–Crippen MR) is 107 cm³/mol. The van der Waals surface area contributed by atoms with Gasteiger partial charge in [0.1, 0.15) is 0 Å². The van der Waals surface area contributed by atoms with Gasteiger partial charge in [-0.05, 0) is 38.0 Å². The Kier molecular flexibility index (Phi) is 12.3. The van der Waals surface area contributed by atoms with Crippen molar-refractivity contribution in [2.24, 2.45) is 11.8 Å². The number of carbonyl (C=O) groups excluding carboxylic acids is 1. The first-order chi connectivity index (χ1) is 13.0. The van der Waals surface area contributed by atoms with E-state index in [0.717, 1.165) is 44.9 Å². The quantitative estimate of drug-likeness (QED) is 0.258. The Hall–Kier alpha value is -1.17. The molecule has 0 bridgehead atoms. The van der Waals surface area contributed by atoms with Gasteiger partial charge in [-0.25, -0.2) is 0 Å². The summed E-state index contributed by atoms with van der Waals surface area (Å²) in [6, 6.07) is 0. The predicted octanol–water partition coefficient (Wildman–Crippen LogP) is 3.52. The van der Waals surface area contributed by atoms with Crippen LogP contribution in [0.3, 0.4) is 0 Å². The molecule has 1 aliphatic rings. The molecule has 27 heavy (non-hydrogen) atoms. The minimum Gasteiger partial charge on any atom is -0.466 e. The standard InChI is InChI=1S/C22H38O5/c1-3-4-8-11-18(24)13-14-20-19(21(25)16-22(20)26)12-9-6-5-7-10-15-27-17(2)23/h6,9,13-14,18-22,24-26H,3-5,7-8,10-12,15-16H2,1-2H3/t18-,19+,20+,21-,22+/m0/s1. The van der Waals surface area contributed by atoms with Gasteiger partial charge >= 0.3 is 5.97 Å². The third-order valence-corrected chi connectivity index (χ3v) is 5.22. The molecule has 0 radical (unpaired) electrons. The number of ether oxygens (including phenoxy) is 1. The topological polar surface area (TPSA) is 87.0 Å². The van der Waals surface area contributed by atoms with Crippen molar-refractivity contribution >= 4 is 5.97 Å². The van der Waals surface area contributed by atoms with E-state index in [2.05, 4.69) is 19.1 Å². The Morgan fingerprint density at radius 2 is 1.93 bits per heavy atom. The Bertz CT molecular complexity index is 460. The number of aliphatic hydroxyl groups excluding tert-OH is 3. The Balaban J connectivity index is 2.37. The van der Waals surface area contributed by atoms with Crippen LogP contribution in [0.1, 0.15) is 71.6 Å². The van der Waals surface area contributed by atoms with Gasteiger partial charge in [-0.2, -0.15) is 0 Å². The van der Waals surface area contributed by atoms with Crippen molar-refractivity contribution in [1.82, 2.24) is 0 Å². The molecule has 0 spiro atoms. The van der Waals surface area contributed by atoms with Gasteiger partial charge in [-0.15, -0.1) is 0 Å². The van der Waals surface area contributed by atoms with Gasteiger partial charge < -0.3 is 20.1 Å². The van der Waals surface area contributed by atoms with Crippen LogP contribution in [0.15, 0.2) is 24.3 Å². The molecule has 1 rings (SSSR count). The maximum Gasteiger partial charge on any atom is 0.302 e. The second-order valence-corrected chi connectivity index (χ2v) is 7.60. The zero-order valence-electron chi connectivity index (χ0n) is 16.9. The Morgan fingerprint density at radius 1 is 1.15 bits per heavy atom. The highest BCUT2D eigenvalue weighted by atomic mass is 16.5. The van der Waals surface area contributed by atoms with E-state index >= 15 is 0 Å².